The SMILES string of the molecule is C=NC1=C(C=C(C)C)C(C)=CCC1. The lowest BCUT2D eigenvalue weighted by Crippen LogP contribution is -1.96. The molecule has 0 bridgehead atoms. The molecule has 13 heavy (non-hydrogen) atoms. The summed E-state index contributed by atoms with van der Waals surface area (Å²) in [5.41, 5.74) is 5.04. The third-order valence-electron chi connectivity index (χ3n) is 2.19. The first-order valence-corrected chi connectivity index (χ1v) is 4.67. The first-order chi connectivity index (χ1) is 6.15. The van der Waals surface area contributed by atoms with Crippen LogP contribution in [-0.4, -0.2) is 6.72 Å². The molecule has 0 atom stereocenters. The largest absolute Gasteiger partial charge is 0.268 e. The molecule has 0 spiro atoms. The van der Waals surface area contributed by atoms with Crippen LogP contribution in [0.5, 0.6) is 0 Å². The van der Waals surface area contributed by atoms with E-state index in [-0.39, 0.29) is 0 Å². The van der Waals surface area contributed by atoms with Crippen LogP contribution in [0, 0.1) is 0 Å². The Morgan fingerprint density at radius 2 is 2.23 bits per heavy atom. The molecule has 0 aromatic heterocycles. The number of hydrogen-bond donors (Lipinski definition) is 0. The van der Waals surface area contributed by atoms with Crippen LogP contribution in [0.4, 0.5) is 0 Å². The zero-order chi connectivity index (χ0) is 9.84. The van der Waals surface area contributed by atoms with Crippen LogP contribution in [0.15, 0.2) is 39.6 Å². The van der Waals surface area contributed by atoms with E-state index in [1.54, 1.807) is 0 Å². The molecule has 1 aliphatic rings. The van der Waals surface area contributed by atoms with Crippen molar-refractivity contribution in [1.82, 2.24) is 0 Å². The Bertz CT molecular complexity index is 299. The van der Waals surface area contributed by atoms with Crippen LogP contribution in [-0.2, 0) is 0 Å². The lowest BCUT2D eigenvalue weighted by molar-refractivity contribution is 0.915. The van der Waals surface area contributed by atoms with Crippen molar-refractivity contribution < 1.29 is 0 Å². The molecule has 0 saturated heterocycles. The van der Waals surface area contributed by atoms with Crippen LogP contribution in [0.2, 0.25) is 0 Å². The second-order valence-corrected chi connectivity index (χ2v) is 3.67. The van der Waals surface area contributed by atoms with Gasteiger partial charge in [-0.15, -0.1) is 0 Å². The summed E-state index contributed by atoms with van der Waals surface area (Å²) < 4.78 is 0. The fraction of sp³-hybridized carbons (Fsp3) is 0.417. The Morgan fingerprint density at radius 1 is 1.54 bits per heavy atom. The van der Waals surface area contributed by atoms with E-state index >= 15 is 0 Å². The normalized spacial score (nSPS) is 16.7. The van der Waals surface area contributed by atoms with E-state index in [1.165, 1.54) is 16.7 Å². The molecular formula is C12H17N. The molecule has 0 aromatic rings. The molecule has 0 radical (unpaired) electrons. The highest BCUT2D eigenvalue weighted by molar-refractivity contribution is 5.47. The van der Waals surface area contributed by atoms with Gasteiger partial charge in [0, 0.05) is 5.70 Å². The number of rotatable bonds is 2. The number of hydrogen-bond acceptors (Lipinski definition) is 1. The van der Waals surface area contributed by atoms with Gasteiger partial charge in [0.1, 0.15) is 0 Å². The topological polar surface area (TPSA) is 12.4 Å². The van der Waals surface area contributed by atoms with Crippen LogP contribution in [0.1, 0.15) is 33.6 Å². The zero-order valence-corrected chi connectivity index (χ0v) is 8.72. The molecule has 0 aliphatic heterocycles. The highest BCUT2D eigenvalue weighted by Crippen LogP contribution is 2.27. The summed E-state index contributed by atoms with van der Waals surface area (Å²) >= 11 is 0. The lowest BCUT2D eigenvalue weighted by Gasteiger charge is -2.14. The maximum absolute atomic E-state index is 4.08. The van der Waals surface area contributed by atoms with Gasteiger partial charge in [0.15, 0.2) is 0 Å². The Labute approximate surface area is 80.6 Å². The molecule has 0 unspecified atom stereocenters. The van der Waals surface area contributed by atoms with E-state index in [2.05, 4.69) is 44.6 Å². The second kappa shape index (κ2) is 4.22. The summed E-state index contributed by atoms with van der Waals surface area (Å²) in [7, 11) is 0. The molecule has 0 heterocycles. The lowest BCUT2D eigenvalue weighted by atomic mass is 9.95. The van der Waals surface area contributed by atoms with Crippen LogP contribution in [0.3, 0.4) is 0 Å². The minimum atomic E-state index is 1.03. The molecule has 70 valence electrons. The Morgan fingerprint density at radius 3 is 2.77 bits per heavy atom. The van der Waals surface area contributed by atoms with Crippen molar-refractivity contribution in [1.29, 1.82) is 0 Å². The van der Waals surface area contributed by atoms with Gasteiger partial charge in [-0.25, -0.2) is 0 Å². The third-order valence-corrected chi connectivity index (χ3v) is 2.19. The quantitative estimate of drug-likeness (QED) is 0.568. The Hall–Kier alpha value is -1.11. The highest BCUT2D eigenvalue weighted by Gasteiger charge is 2.09. The fourth-order valence-corrected chi connectivity index (χ4v) is 1.55. The zero-order valence-electron chi connectivity index (χ0n) is 8.72. The van der Waals surface area contributed by atoms with Crippen molar-refractivity contribution in [3.8, 4) is 0 Å². The molecule has 1 heteroatoms. The van der Waals surface area contributed by atoms with Gasteiger partial charge in [0.05, 0.1) is 0 Å². The van der Waals surface area contributed by atoms with Crippen molar-refractivity contribution in [2.45, 2.75) is 33.6 Å². The Balaban J connectivity index is 3.11. The molecule has 0 N–H and O–H groups in total. The molecule has 1 rings (SSSR count). The van der Waals surface area contributed by atoms with Crippen molar-refractivity contribution in [3.05, 3.63) is 34.6 Å². The molecular weight excluding hydrogens is 158 g/mol. The first kappa shape index (κ1) is 9.97. The number of allylic oxidation sites excluding steroid dienone is 6. The van der Waals surface area contributed by atoms with Crippen LogP contribution >= 0.6 is 0 Å². The van der Waals surface area contributed by atoms with Gasteiger partial charge in [0.25, 0.3) is 0 Å². The predicted octanol–water partition coefficient (Wildman–Crippen LogP) is 3.65. The van der Waals surface area contributed by atoms with Gasteiger partial charge in [-0.05, 0) is 51.5 Å². The van der Waals surface area contributed by atoms with Crippen LogP contribution < -0.4 is 0 Å². The molecule has 1 nitrogen and oxygen atoms in total. The maximum atomic E-state index is 4.08. The Kier molecular flexibility index (Phi) is 3.24. The summed E-state index contributed by atoms with van der Waals surface area (Å²) in [6.45, 7) is 9.96. The summed E-state index contributed by atoms with van der Waals surface area (Å²) in [5, 5.41) is 0. The van der Waals surface area contributed by atoms with Crippen molar-refractivity contribution in [2.24, 2.45) is 4.99 Å². The average Bonchev–Trinajstić information content (AvgIpc) is 2.08. The predicted molar refractivity (Wildman–Crippen MR) is 59.0 cm³/mol. The summed E-state index contributed by atoms with van der Waals surface area (Å²) in [6.07, 6.45) is 6.58. The molecule has 0 fully saturated rings. The number of nitrogens with zero attached hydrogens (tertiary/aromatic N) is 1. The maximum Gasteiger partial charge on any atom is 0.0474 e. The molecule has 1 aliphatic carbocycles. The van der Waals surface area contributed by atoms with Crippen LogP contribution in [0.25, 0.3) is 0 Å². The van der Waals surface area contributed by atoms with E-state index in [4.69, 9.17) is 0 Å². The molecule has 0 saturated carbocycles. The summed E-state index contributed by atoms with van der Waals surface area (Å²) in [5.74, 6) is 0. The van der Waals surface area contributed by atoms with E-state index in [0.717, 1.165) is 18.5 Å². The van der Waals surface area contributed by atoms with Gasteiger partial charge in [0.2, 0.25) is 0 Å². The van der Waals surface area contributed by atoms with Crippen molar-refractivity contribution in [3.63, 3.8) is 0 Å². The standard InChI is InChI=1S/C12H17N/c1-9(2)8-11-10(3)6-5-7-12(11)13-4/h6,8H,4-5,7H2,1-3H3. The smallest absolute Gasteiger partial charge is 0.0474 e. The van der Waals surface area contributed by atoms with Gasteiger partial charge in [-0.1, -0.05) is 17.7 Å². The van der Waals surface area contributed by atoms with Crippen molar-refractivity contribution >= 4 is 6.72 Å². The first-order valence-electron chi connectivity index (χ1n) is 4.67. The second-order valence-electron chi connectivity index (χ2n) is 3.67. The van der Waals surface area contributed by atoms with Crippen molar-refractivity contribution in [2.75, 3.05) is 0 Å². The summed E-state index contributed by atoms with van der Waals surface area (Å²) in [6, 6.07) is 0. The molecule has 0 amide bonds. The minimum absolute atomic E-state index is 1.03. The van der Waals surface area contributed by atoms with E-state index in [1.807, 2.05) is 0 Å². The molecule has 0 aromatic carbocycles. The van der Waals surface area contributed by atoms with E-state index < -0.39 is 0 Å². The highest BCUT2D eigenvalue weighted by atomic mass is 14.7. The average molecular weight is 175 g/mol. The van der Waals surface area contributed by atoms with E-state index in [9.17, 15) is 0 Å². The van der Waals surface area contributed by atoms with Gasteiger partial charge < -0.3 is 0 Å². The van der Waals surface area contributed by atoms with Gasteiger partial charge in [-0.2, -0.15) is 0 Å². The minimum Gasteiger partial charge on any atom is -0.268 e. The number of aliphatic imine (C=N–C) groups is 1. The fourth-order valence-electron chi connectivity index (χ4n) is 1.55. The third kappa shape index (κ3) is 2.41. The van der Waals surface area contributed by atoms with Gasteiger partial charge in [-0.3, -0.25) is 4.99 Å². The monoisotopic (exact) mass is 175 g/mol. The van der Waals surface area contributed by atoms with E-state index in [0.29, 0.717) is 0 Å². The summed E-state index contributed by atoms with van der Waals surface area (Å²) in [4.78, 5) is 4.08. The van der Waals surface area contributed by atoms with Gasteiger partial charge >= 0.3 is 0 Å².